The maximum atomic E-state index is 12.5. The number of aromatic nitrogens is 2. The van der Waals surface area contributed by atoms with Gasteiger partial charge in [0.15, 0.2) is 0 Å². The number of nitrogens with zero attached hydrogens (tertiary/aromatic N) is 2. The van der Waals surface area contributed by atoms with Gasteiger partial charge in [-0.1, -0.05) is 37.8 Å². The second-order valence-electron chi connectivity index (χ2n) is 6.81. The van der Waals surface area contributed by atoms with Gasteiger partial charge in [0.25, 0.3) is 5.56 Å². The Kier molecular flexibility index (Phi) is 5.65. The lowest BCUT2D eigenvalue weighted by molar-refractivity contribution is -0.143. The predicted octanol–water partition coefficient (Wildman–Crippen LogP) is 1.94. The van der Waals surface area contributed by atoms with Gasteiger partial charge in [-0.25, -0.2) is 4.98 Å². The van der Waals surface area contributed by atoms with E-state index >= 15 is 0 Å². The summed E-state index contributed by atoms with van der Waals surface area (Å²) in [5.41, 5.74) is 0.304. The molecule has 2 unspecified atom stereocenters. The van der Waals surface area contributed by atoms with Crippen molar-refractivity contribution in [1.82, 2.24) is 14.9 Å². The van der Waals surface area contributed by atoms with Gasteiger partial charge in [-0.05, 0) is 25.0 Å². The first-order valence-corrected chi connectivity index (χ1v) is 9.02. The molecule has 0 aliphatic heterocycles. The van der Waals surface area contributed by atoms with E-state index in [9.17, 15) is 19.5 Å². The summed E-state index contributed by atoms with van der Waals surface area (Å²) in [5.74, 6) is -1.81. The summed E-state index contributed by atoms with van der Waals surface area (Å²) in [5, 5.41) is 12.8. The third-order valence-electron chi connectivity index (χ3n) is 4.98. The van der Waals surface area contributed by atoms with Gasteiger partial charge in [-0.2, -0.15) is 0 Å². The van der Waals surface area contributed by atoms with Gasteiger partial charge in [0.1, 0.15) is 6.54 Å². The first kappa shape index (κ1) is 18.1. The van der Waals surface area contributed by atoms with E-state index in [1.807, 2.05) is 0 Å². The minimum Gasteiger partial charge on any atom is -0.481 e. The fourth-order valence-corrected chi connectivity index (χ4v) is 3.58. The molecule has 7 nitrogen and oxygen atoms in total. The molecule has 1 fully saturated rings. The smallest absolute Gasteiger partial charge is 0.308 e. The van der Waals surface area contributed by atoms with Crippen LogP contribution in [-0.4, -0.2) is 32.6 Å². The van der Waals surface area contributed by atoms with Crippen LogP contribution in [0.1, 0.15) is 38.5 Å². The van der Waals surface area contributed by atoms with Crippen LogP contribution in [0.5, 0.6) is 0 Å². The highest BCUT2D eigenvalue weighted by Crippen LogP contribution is 2.23. The van der Waals surface area contributed by atoms with E-state index in [-0.39, 0.29) is 18.0 Å². The predicted molar refractivity (Wildman–Crippen MR) is 96.8 cm³/mol. The molecule has 1 aliphatic rings. The van der Waals surface area contributed by atoms with Crippen molar-refractivity contribution >= 4 is 22.8 Å². The zero-order chi connectivity index (χ0) is 18.5. The lowest BCUT2D eigenvalue weighted by atomic mass is 9.87. The van der Waals surface area contributed by atoms with Gasteiger partial charge < -0.3 is 10.4 Å². The summed E-state index contributed by atoms with van der Waals surface area (Å²) in [4.78, 5) is 40.7. The average Bonchev–Trinajstić information content (AvgIpc) is 2.60. The van der Waals surface area contributed by atoms with E-state index in [1.54, 1.807) is 24.3 Å². The second-order valence-corrected chi connectivity index (χ2v) is 6.81. The molecule has 1 saturated carbocycles. The van der Waals surface area contributed by atoms with Crippen LogP contribution in [0.4, 0.5) is 0 Å². The maximum absolute atomic E-state index is 12.5. The van der Waals surface area contributed by atoms with Gasteiger partial charge in [-0.15, -0.1) is 0 Å². The zero-order valence-electron chi connectivity index (χ0n) is 14.6. The van der Waals surface area contributed by atoms with E-state index in [0.29, 0.717) is 23.7 Å². The Bertz CT molecular complexity index is 861. The molecule has 2 aromatic rings. The number of hydrogen-bond donors (Lipinski definition) is 2. The topological polar surface area (TPSA) is 101 Å². The number of aliphatic carboxylic acids is 1. The number of carboxylic acid groups (broad SMARTS) is 1. The Labute approximate surface area is 151 Å². The average molecular weight is 357 g/mol. The third kappa shape index (κ3) is 4.09. The third-order valence-corrected chi connectivity index (χ3v) is 4.98. The fraction of sp³-hybridized carbons (Fsp3) is 0.474. The van der Waals surface area contributed by atoms with Crippen molar-refractivity contribution < 1.29 is 14.7 Å². The number of nitrogens with one attached hydrogen (secondary N) is 1. The van der Waals surface area contributed by atoms with Crippen LogP contribution in [0.25, 0.3) is 10.9 Å². The van der Waals surface area contributed by atoms with Crippen LogP contribution in [0.15, 0.2) is 35.4 Å². The quantitative estimate of drug-likeness (QED) is 0.871. The molecule has 2 N–H and O–H groups in total. The van der Waals surface area contributed by atoms with E-state index in [2.05, 4.69) is 10.3 Å². The monoisotopic (exact) mass is 357 g/mol. The molecular weight excluding hydrogens is 334 g/mol. The molecule has 7 heteroatoms. The molecule has 1 heterocycles. The number of carbonyl (C=O) groups excluding carboxylic acids is 1. The molecule has 26 heavy (non-hydrogen) atoms. The van der Waals surface area contributed by atoms with Crippen LogP contribution in [0.2, 0.25) is 0 Å². The van der Waals surface area contributed by atoms with Crippen LogP contribution >= 0.6 is 0 Å². The summed E-state index contributed by atoms with van der Waals surface area (Å²) >= 11 is 0. The van der Waals surface area contributed by atoms with Crippen molar-refractivity contribution in [3.63, 3.8) is 0 Å². The number of benzene rings is 1. The van der Waals surface area contributed by atoms with Crippen molar-refractivity contribution in [2.45, 2.75) is 51.1 Å². The SMILES string of the molecule is O=C(Cn1cnc2ccccc2c1=O)NC1CCCCCCC1C(=O)O. The molecule has 1 amide bonds. The van der Waals surface area contributed by atoms with Gasteiger partial charge >= 0.3 is 5.97 Å². The highest BCUT2D eigenvalue weighted by atomic mass is 16.4. The van der Waals surface area contributed by atoms with E-state index in [4.69, 9.17) is 0 Å². The molecular formula is C19H23N3O4. The fourth-order valence-electron chi connectivity index (χ4n) is 3.58. The Morgan fingerprint density at radius 2 is 1.88 bits per heavy atom. The van der Waals surface area contributed by atoms with E-state index in [0.717, 1.165) is 25.7 Å². The Hall–Kier alpha value is -2.70. The van der Waals surface area contributed by atoms with Crippen molar-refractivity contribution in [2.75, 3.05) is 0 Å². The van der Waals surface area contributed by atoms with Gasteiger partial charge in [0, 0.05) is 6.04 Å². The number of carbonyl (C=O) groups is 2. The van der Waals surface area contributed by atoms with Gasteiger partial charge in [-0.3, -0.25) is 19.0 Å². The Morgan fingerprint density at radius 3 is 2.65 bits per heavy atom. The molecule has 0 spiro atoms. The molecule has 1 aromatic carbocycles. The normalized spacial score (nSPS) is 20.9. The summed E-state index contributed by atoms with van der Waals surface area (Å²) in [6.45, 7) is -0.167. The molecule has 1 aromatic heterocycles. The standard InChI is InChI=1S/C19H23N3O4/c23-17(21-16-10-4-2-1-3-8-14(16)19(25)26)11-22-12-20-15-9-6-5-7-13(15)18(22)24/h5-7,9,12,14,16H,1-4,8,10-11H2,(H,21,23)(H,25,26). The first-order valence-electron chi connectivity index (χ1n) is 9.02. The van der Waals surface area contributed by atoms with Crippen LogP contribution in [0.3, 0.4) is 0 Å². The Balaban J connectivity index is 1.74. The summed E-state index contributed by atoms with van der Waals surface area (Å²) in [6.07, 6.45) is 6.40. The number of rotatable bonds is 4. The highest BCUT2D eigenvalue weighted by molar-refractivity contribution is 5.79. The molecule has 138 valence electrons. The van der Waals surface area contributed by atoms with Crippen molar-refractivity contribution in [1.29, 1.82) is 0 Å². The van der Waals surface area contributed by atoms with Crippen LogP contribution in [0, 0.1) is 5.92 Å². The molecule has 0 saturated heterocycles. The van der Waals surface area contributed by atoms with Crippen molar-refractivity contribution in [3.05, 3.63) is 40.9 Å². The number of amides is 1. The van der Waals surface area contributed by atoms with Crippen LogP contribution < -0.4 is 10.9 Å². The molecule has 0 radical (unpaired) electrons. The number of para-hydroxylation sites is 1. The summed E-state index contributed by atoms with van der Waals surface area (Å²) in [6, 6.07) is 6.57. The molecule has 1 aliphatic carbocycles. The number of fused-ring (bicyclic) bond motifs is 1. The summed E-state index contributed by atoms with van der Waals surface area (Å²) < 4.78 is 1.26. The Morgan fingerprint density at radius 1 is 1.15 bits per heavy atom. The maximum Gasteiger partial charge on any atom is 0.308 e. The van der Waals surface area contributed by atoms with Crippen molar-refractivity contribution in [3.8, 4) is 0 Å². The van der Waals surface area contributed by atoms with Crippen LogP contribution in [-0.2, 0) is 16.1 Å². The molecule has 2 atom stereocenters. The van der Waals surface area contributed by atoms with E-state index < -0.39 is 17.9 Å². The zero-order valence-corrected chi connectivity index (χ0v) is 14.6. The second kappa shape index (κ2) is 8.12. The number of carboxylic acids is 1. The highest BCUT2D eigenvalue weighted by Gasteiger charge is 2.29. The lowest BCUT2D eigenvalue weighted by Gasteiger charge is -2.27. The number of hydrogen-bond acceptors (Lipinski definition) is 4. The van der Waals surface area contributed by atoms with Crippen molar-refractivity contribution in [2.24, 2.45) is 5.92 Å². The minimum atomic E-state index is -0.873. The van der Waals surface area contributed by atoms with Gasteiger partial charge in [0.05, 0.1) is 23.1 Å². The van der Waals surface area contributed by atoms with E-state index in [1.165, 1.54) is 10.9 Å². The molecule has 0 bridgehead atoms. The first-order chi connectivity index (χ1) is 12.6. The summed E-state index contributed by atoms with van der Waals surface area (Å²) in [7, 11) is 0. The van der Waals surface area contributed by atoms with Gasteiger partial charge in [0.2, 0.25) is 5.91 Å². The molecule has 3 rings (SSSR count). The lowest BCUT2D eigenvalue weighted by Crippen LogP contribution is -2.45. The largest absolute Gasteiger partial charge is 0.481 e. The minimum absolute atomic E-state index is 0.167.